The highest BCUT2D eigenvalue weighted by Crippen LogP contribution is 2.07. The largest absolute Gasteiger partial charge is 0.481 e. The van der Waals surface area contributed by atoms with Gasteiger partial charge in [-0.05, 0) is 13.0 Å². The summed E-state index contributed by atoms with van der Waals surface area (Å²) >= 11 is 0. The van der Waals surface area contributed by atoms with Crippen molar-refractivity contribution in [1.29, 1.82) is 0 Å². The van der Waals surface area contributed by atoms with Crippen LogP contribution in [0, 0.1) is 0 Å². The fourth-order valence-corrected chi connectivity index (χ4v) is 1.73. The second kappa shape index (κ2) is 7.41. The van der Waals surface area contributed by atoms with Gasteiger partial charge in [-0.25, -0.2) is 0 Å². The van der Waals surface area contributed by atoms with Crippen molar-refractivity contribution in [3.63, 3.8) is 0 Å². The van der Waals surface area contributed by atoms with Gasteiger partial charge >= 0.3 is 5.97 Å². The van der Waals surface area contributed by atoms with E-state index in [4.69, 9.17) is 5.11 Å². The van der Waals surface area contributed by atoms with Crippen LogP contribution in [0.25, 0.3) is 0 Å². The maximum absolute atomic E-state index is 12.2. The van der Waals surface area contributed by atoms with Crippen molar-refractivity contribution in [2.75, 3.05) is 27.2 Å². The van der Waals surface area contributed by atoms with Gasteiger partial charge in [0, 0.05) is 33.0 Å². The molecule has 1 rings (SSSR count). The van der Waals surface area contributed by atoms with E-state index in [0.29, 0.717) is 0 Å². The van der Waals surface area contributed by atoms with Crippen LogP contribution in [0.15, 0.2) is 18.5 Å². The molecule has 1 unspecified atom stereocenters. The van der Waals surface area contributed by atoms with E-state index in [1.54, 1.807) is 25.4 Å². The molecule has 1 atom stereocenters. The van der Waals surface area contributed by atoms with Gasteiger partial charge in [0.25, 0.3) is 0 Å². The molecule has 0 saturated carbocycles. The van der Waals surface area contributed by atoms with Gasteiger partial charge in [0.1, 0.15) is 6.04 Å². The number of rotatable bonds is 7. The SMILES string of the molecule is CC(C(=O)N(C)CC(=O)N(C)CCC(=O)O)n1cccn1. The van der Waals surface area contributed by atoms with Crippen LogP contribution in [0.2, 0.25) is 0 Å². The van der Waals surface area contributed by atoms with Crippen LogP contribution in [-0.4, -0.2) is 69.7 Å². The number of nitrogens with zero attached hydrogens (tertiary/aromatic N) is 4. The first-order chi connectivity index (χ1) is 9.82. The van der Waals surface area contributed by atoms with Crippen molar-refractivity contribution in [3.8, 4) is 0 Å². The first kappa shape index (κ1) is 16.7. The van der Waals surface area contributed by atoms with Crippen LogP contribution >= 0.6 is 0 Å². The Kier molecular flexibility index (Phi) is 5.89. The number of aliphatic carboxylic acids is 1. The molecule has 0 spiro atoms. The van der Waals surface area contributed by atoms with Crippen molar-refractivity contribution in [3.05, 3.63) is 18.5 Å². The summed E-state index contributed by atoms with van der Waals surface area (Å²) in [6, 6.07) is 1.22. The zero-order chi connectivity index (χ0) is 16.0. The molecule has 0 aliphatic rings. The molecule has 0 fully saturated rings. The molecular formula is C13H20N4O4. The predicted molar refractivity (Wildman–Crippen MR) is 74.5 cm³/mol. The summed E-state index contributed by atoms with van der Waals surface area (Å²) < 4.78 is 1.51. The second-order valence-electron chi connectivity index (χ2n) is 4.82. The van der Waals surface area contributed by atoms with Crippen LogP contribution in [0.5, 0.6) is 0 Å². The molecule has 1 aromatic rings. The Morgan fingerprint density at radius 1 is 1.29 bits per heavy atom. The van der Waals surface area contributed by atoms with Crippen LogP contribution in [0.3, 0.4) is 0 Å². The van der Waals surface area contributed by atoms with E-state index in [1.165, 1.54) is 28.6 Å². The summed E-state index contributed by atoms with van der Waals surface area (Å²) in [5, 5.41) is 12.6. The minimum absolute atomic E-state index is 0.0967. The minimum Gasteiger partial charge on any atom is -0.481 e. The molecule has 1 N–H and O–H groups in total. The summed E-state index contributed by atoms with van der Waals surface area (Å²) in [4.78, 5) is 37.1. The molecule has 0 aromatic carbocycles. The van der Waals surface area contributed by atoms with E-state index in [2.05, 4.69) is 5.10 Å². The molecule has 1 heterocycles. The molecule has 0 saturated heterocycles. The Morgan fingerprint density at radius 3 is 2.48 bits per heavy atom. The highest BCUT2D eigenvalue weighted by atomic mass is 16.4. The molecule has 0 aliphatic carbocycles. The Morgan fingerprint density at radius 2 is 1.95 bits per heavy atom. The lowest BCUT2D eigenvalue weighted by Gasteiger charge is -2.24. The molecular weight excluding hydrogens is 276 g/mol. The van der Waals surface area contributed by atoms with E-state index in [-0.39, 0.29) is 31.3 Å². The summed E-state index contributed by atoms with van der Waals surface area (Å²) in [5.41, 5.74) is 0. The lowest BCUT2D eigenvalue weighted by molar-refractivity contribution is -0.142. The van der Waals surface area contributed by atoms with Gasteiger partial charge in [-0.3, -0.25) is 19.1 Å². The highest BCUT2D eigenvalue weighted by Gasteiger charge is 2.22. The molecule has 8 heteroatoms. The van der Waals surface area contributed by atoms with Crippen molar-refractivity contribution in [2.24, 2.45) is 0 Å². The molecule has 116 valence electrons. The van der Waals surface area contributed by atoms with Gasteiger partial charge in [-0.1, -0.05) is 0 Å². The number of hydrogen-bond acceptors (Lipinski definition) is 4. The van der Waals surface area contributed by atoms with Crippen LogP contribution < -0.4 is 0 Å². The number of likely N-dealkylation sites (N-methyl/N-ethyl adjacent to an activating group) is 2. The number of carbonyl (C=O) groups excluding carboxylic acids is 2. The maximum atomic E-state index is 12.2. The van der Waals surface area contributed by atoms with Gasteiger partial charge in [0.2, 0.25) is 11.8 Å². The number of hydrogen-bond donors (Lipinski definition) is 1. The third kappa shape index (κ3) is 4.90. The summed E-state index contributed by atoms with van der Waals surface area (Å²) in [6.07, 6.45) is 3.13. The summed E-state index contributed by atoms with van der Waals surface area (Å²) in [5.74, 6) is -1.51. The molecule has 0 radical (unpaired) electrons. The van der Waals surface area contributed by atoms with E-state index in [0.717, 1.165) is 0 Å². The second-order valence-corrected chi connectivity index (χ2v) is 4.82. The van der Waals surface area contributed by atoms with Gasteiger partial charge in [0.05, 0.1) is 13.0 Å². The number of carboxylic acids is 1. The summed E-state index contributed by atoms with van der Waals surface area (Å²) in [6.45, 7) is 1.72. The Labute approximate surface area is 122 Å². The van der Waals surface area contributed by atoms with Crippen LogP contribution in [0.1, 0.15) is 19.4 Å². The predicted octanol–water partition coefficient (Wildman–Crippen LogP) is -0.164. The van der Waals surface area contributed by atoms with E-state index in [9.17, 15) is 14.4 Å². The molecule has 0 aliphatic heterocycles. The number of carboxylic acid groups (broad SMARTS) is 1. The average Bonchev–Trinajstić information content (AvgIpc) is 2.96. The molecule has 21 heavy (non-hydrogen) atoms. The quantitative estimate of drug-likeness (QED) is 0.754. The van der Waals surface area contributed by atoms with Gasteiger partial charge in [0.15, 0.2) is 0 Å². The van der Waals surface area contributed by atoms with E-state index in [1.807, 2.05) is 0 Å². The normalized spacial score (nSPS) is 11.8. The third-order valence-electron chi connectivity index (χ3n) is 3.11. The Bertz CT molecular complexity index is 500. The smallest absolute Gasteiger partial charge is 0.305 e. The van der Waals surface area contributed by atoms with Gasteiger partial charge in [-0.2, -0.15) is 5.10 Å². The third-order valence-corrected chi connectivity index (χ3v) is 3.11. The number of carbonyl (C=O) groups is 3. The summed E-state index contributed by atoms with van der Waals surface area (Å²) in [7, 11) is 3.05. The Balaban J connectivity index is 2.51. The lowest BCUT2D eigenvalue weighted by Crippen LogP contribution is -2.42. The Hall–Kier alpha value is -2.38. The van der Waals surface area contributed by atoms with Gasteiger partial charge in [-0.15, -0.1) is 0 Å². The number of amides is 2. The number of aromatic nitrogens is 2. The monoisotopic (exact) mass is 296 g/mol. The van der Waals surface area contributed by atoms with Gasteiger partial charge < -0.3 is 14.9 Å². The lowest BCUT2D eigenvalue weighted by atomic mass is 10.3. The van der Waals surface area contributed by atoms with Crippen molar-refractivity contribution >= 4 is 17.8 Å². The van der Waals surface area contributed by atoms with E-state index < -0.39 is 12.0 Å². The molecule has 1 aromatic heterocycles. The van der Waals surface area contributed by atoms with Crippen LogP contribution in [0.4, 0.5) is 0 Å². The van der Waals surface area contributed by atoms with Crippen LogP contribution in [-0.2, 0) is 14.4 Å². The van der Waals surface area contributed by atoms with Crippen molar-refractivity contribution in [1.82, 2.24) is 19.6 Å². The molecule has 8 nitrogen and oxygen atoms in total. The molecule has 2 amide bonds. The zero-order valence-electron chi connectivity index (χ0n) is 12.4. The fraction of sp³-hybridized carbons (Fsp3) is 0.538. The zero-order valence-corrected chi connectivity index (χ0v) is 12.4. The van der Waals surface area contributed by atoms with Crippen molar-refractivity contribution < 1.29 is 19.5 Å². The van der Waals surface area contributed by atoms with E-state index >= 15 is 0 Å². The minimum atomic E-state index is -0.966. The van der Waals surface area contributed by atoms with Crippen molar-refractivity contribution in [2.45, 2.75) is 19.4 Å². The first-order valence-corrected chi connectivity index (χ1v) is 6.52. The maximum Gasteiger partial charge on any atom is 0.305 e. The first-order valence-electron chi connectivity index (χ1n) is 6.52. The molecule has 0 bridgehead atoms. The average molecular weight is 296 g/mol. The fourth-order valence-electron chi connectivity index (χ4n) is 1.73. The standard InChI is InChI=1S/C13H20N4O4/c1-10(17-7-4-6-14-17)13(21)16(3)9-11(18)15(2)8-5-12(19)20/h4,6-7,10H,5,8-9H2,1-3H3,(H,19,20). The topological polar surface area (TPSA) is 95.7 Å². The highest BCUT2D eigenvalue weighted by molar-refractivity contribution is 5.86.